The number of halogens is 4. The van der Waals surface area contributed by atoms with Gasteiger partial charge in [-0.25, -0.2) is 8.42 Å². The Hall–Kier alpha value is -1.37. The summed E-state index contributed by atoms with van der Waals surface area (Å²) in [7, 11) is -3.66. The van der Waals surface area contributed by atoms with E-state index in [-0.39, 0.29) is 36.0 Å². The van der Waals surface area contributed by atoms with Crippen LogP contribution in [0.2, 0.25) is 0 Å². The number of sulfonamides is 1. The van der Waals surface area contributed by atoms with Gasteiger partial charge in [-0.05, 0) is 36.1 Å². The van der Waals surface area contributed by atoms with Crippen molar-refractivity contribution < 1.29 is 31.0 Å². The SMILES string of the molecule is CC(OCl)(c1ccc(N2CCN(S(=O)(=O)c3cccs3)CC2CO)cc1)C(F)(F)F. The van der Waals surface area contributed by atoms with Gasteiger partial charge in [-0.15, -0.1) is 11.3 Å². The van der Waals surface area contributed by atoms with Crippen LogP contribution in [0.3, 0.4) is 0 Å². The zero-order valence-corrected chi connectivity index (χ0v) is 18.2. The van der Waals surface area contributed by atoms with Crippen molar-refractivity contribution in [1.29, 1.82) is 0 Å². The van der Waals surface area contributed by atoms with E-state index >= 15 is 0 Å². The number of hydrogen-bond acceptors (Lipinski definition) is 6. The molecule has 2 unspecified atom stereocenters. The van der Waals surface area contributed by atoms with Crippen molar-refractivity contribution in [2.24, 2.45) is 0 Å². The van der Waals surface area contributed by atoms with Gasteiger partial charge < -0.3 is 10.0 Å². The second-order valence-electron chi connectivity index (χ2n) is 6.98. The molecule has 1 aliphatic heterocycles. The van der Waals surface area contributed by atoms with Crippen LogP contribution in [0.15, 0.2) is 46.0 Å². The Balaban J connectivity index is 1.81. The standard InChI is InChI=1S/C18H20ClF3N2O4S2/c1-17(28-19,18(20,21)22)13-4-6-14(7-5-13)24-9-8-23(11-15(24)12-25)30(26,27)16-3-2-10-29-16/h2-7,10,15,25H,8-9,11-12H2,1H3. The topological polar surface area (TPSA) is 70.1 Å². The van der Waals surface area contributed by atoms with Crippen molar-refractivity contribution in [3.8, 4) is 0 Å². The Bertz CT molecular complexity index is 955. The molecule has 0 bridgehead atoms. The van der Waals surface area contributed by atoms with Crippen molar-refractivity contribution in [2.45, 2.75) is 29.0 Å². The molecule has 6 nitrogen and oxygen atoms in total. The highest BCUT2D eigenvalue weighted by molar-refractivity contribution is 7.91. The van der Waals surface area contributed by atoms with E-state index in [0.29, 0.717) is 5.69 Å². The normalized spacial score (nSPS) is 20.9. The summed E-state index contributed by atoms with van der Waals surface area (Å²) in [5.74, 6) is 0. The van der Waals surface area contributed by atoms with Gasteiger partial charge in [0.2, 0.25) is 5.60 Å². The Morgan fingerprint density at radius 1 is 1.23 bits per heavy atom. The fourth-order valence-electron chi connectivity index (χ4n) is 3.30. The smallest absolute Gasteiger partial charge is 0.394 e. The zero-order valence-electron chi connectivity index (χ0n) is 15.8. The maximum Gasteiger partial charge on any atom is 0.423 e. The molecule has 2 aromatic rings. The summed E-state index contributed by atoms with van der Waals surface area (Å²) in [6, 6.07) is 8.09. The second-order valence-corrected chi connectivity index (χ2v) is 10.2. The molecule has 2 atom stereocenters. The molecule has 30 heavy (non-hydrogen) atoms. The summed E-state index contributed by atoms with van der Waals surface area (Å²) in [4.78, 5) is 1.77. The third kappa shape index (κ3) is 4.19. The fourth-order valence-corrected chi connectivity index (χ4v) is 6.09. The van der Waals surface area contributed by atoms with Crippen LogP contribution >= 0.6 is 23.2 Å². The first-order valence-corrected chi connectivity index (χ1v) is 11.6. The molecule has 1 aromatic carbocycles. The Morgan fingerprint density at radius 2 is 1.90 bits per heavy atom. The molecule has 0 radical (unpaired) electrons. The molecule has 2 heterocycles. The maximum absolute atomic E-state index is 13.3. The molecule has 0 amide bonds. The molecule has 1 aromatic heterocycles. The highest BCUT2D eigenvalue weighted by atomic mass is 35.5. The number of anilines is 1. The predicted molar refractivity (Wildman–Crippen MR) is 108 cm³/mol. The number of aliphatic hydroxyl groups is 1. The molecule has 1 N–H and O–H groups in total. The van der Waals surface area contributed by atoms with Crippen molar-refractivity contribution in [3.05, 3.63) is 47.3 Å². The third-order valence-corrected chi connectivity index (χ3v) is 8.74. The molecule has 0 saturated carbocycles. The molecular formula is C18H20ClF3N2O4S2. The van der Waals surface area contributed by atoms with Gasteiger partial charge in [0.25, 0.3) is 10.0 Å². The molecule has 3 rings (SSSR count). The summed E-state index contributed by atoms with van der Waals surface area (Å²) in [6.07, 6.45) is -4.72. The number of piperazine rings is 1. The van der Waals surface area contributed by atoms with E-state index in [0.717, 1.165) is 18.3 Å². The summed E-state index contributed by atoms with van der Waals surface area (Å²) in [5.41, 5.74) is -2.28. The Morgan fingerprint density at radius 3 is 2.40 bits per heavy atom. The Labute approximate surface area is 181 Å². The van der Waals surface area contributed by atoms with Gasteiger partial charge in [-0.1, -0.05) is 18.2 Å². The van der Waals surface area contributed by atoms with E-state index in [1.807, 2.05) is 0 Å². The van der Waals surface area contributed by atoms with E-state index < -0.39 is 27.8 Å². The number of rotatable bonds is 6. The molecule has 0 spiro atoms. The minimum absolute atomic E-state index is 0.0591. The van der Waals surface area contributed by atoms with Crippen molar-refractivity contribution in [2.75, 3.05) is 31.1 Å². The molecule has 12 heteroatoms. The minimum Gasteiger partial charge on any atom is -0.394 e. The lowest BCUT2D eigenvalue weighted by atomic mass is 9.95. The lowest BCUT2D eigenvalue weighted by Gasteiger charge is -2.41. The second kappa shape index (κ2) is 8.64. The molecule has 166 valence electrons. The number of alkyl halides is 3. The van der Waals surface area contributed by atoms with E-state index in [9.17, 15) is 26.7 Å². The number of thiophene rings is 1. The van der Waals surface area contributed by atoms with Gasteiger partial charge in [0.15, 0.2) is 0 Å². The minimum atomic E-state index is -4.72. The number of nitrogens with zero attached hydrogens (tertiary/aromatic N) is 2. The summed E-state index contributed by atoms with van der Waals surface area (Å²) >= 11 is 6.26. The molecule has 0 aliphatic carbocycles. The largest absolute Gasteiger partial charge is 0.423 e. The predicted octanol–water partition coefficient (Wildman–Crippen LogP) is 3.57. The highest BCUT2D eigenvalue weighted by Crippen LogP contribution is 2.43. The molecular weight excluding hydrogens is 465 g/mol. The van der Waals surface area contributed by atoms with Gasteiger partial charge in [0, 0.05) is 25.3 Å². The summed E-state index contributed by atoms with van der Waals surface area (Å²) in [6.45, 7) is 1.04. The fraction of sp³-hybridized carbons (Fsp3) is 0.444. The molecule has 1 aliphatic rings. The summed E-state index contributed by atoms with van der Waals surface area (Å²) < 4.78 is 71.2. The van der Waals surface area contributed by atoms with Crippen LogP contribution in [-0.4, -0.2) is 56.3 Å². The van der Waals surface area contributed by atoms with Crippen LogP contribution in [0, 0.1) is 0 Å². The van der Waals surface area contributed by atoms with Crippen molar-refractivity contribution >= 4 is 38.9 Å². The van der Waals surface area contributed by atoms with E-state index in [4.69, 9.17) is 11.9 Å². The number of benzene rings is 1. The maximum atomic E-state index is 13.3. The lowest BCUT2D eigenvalue weighted by Crippen LogP contribution is -2.56. The van der Waals surface area contributed by atoms with Gasteiger partial charge in [0.05, 0.1) is 24.5 Å². The van der Waals surface area contributed by atoms with Gasteiger partial charge in [0.1, 0.15) is 4.21 Å². The van der Waals surface area contributed by atoms with Crippen LogP contribution in [-0.2, 0) is 19.9 Å². The first-order chi connectivity index (χ1) is 14.0. The zero-order chi connectivity index (χ0) is 22.2. The van der Waals surface area contributed by atoms with Crippen LogP contribution in [0.5, 0.6) is 0 Å². The summed E-state index contributed by atoms with van der Waals surface area (Å²) in [5, 5.41) is 11.5. The lowest BCUT2D eigenvalue weighted by molar-refractivity contribution is -0.246. The third-order valence-electron chi connectivity index (χ3n) is 5.19. The van der Waals surface area contributed by atoms with Gasteiger partial charge >= 0.3 is 6.18 Å². The van der Waals surface area contributed by atoms with Gasteiger partial charge in [-0.3, -0.25) is 4.29 Å². The van der Waals surface area contributed by atoms with E-state index in [1.54, 1.807) is 16.3 Å². The quantitative estimate of drug-likeness (QED) is 0.679. The first kappa shape index (κ1) is 23.3. The van der Waals surface area contributed by atoms with Crippen LogP contribution in [0.25, 0.3) is 0 Å². The number of hydrogen-bond donors (Lipinski definition) is 1. The monoisotopic (exact) mass is 484 g/mol. The first-order valence-electron chi connectivity index (χ1n) is 8.93. The van der Waals surface area contributed by atoms with Crippen LogP contribution < -0.4 is 4.90 Å². The highest BCUT2D eigenvalue weighted by Gasteiger charge is 2.54. The van der Waals surface area contributed by atoms with Crippen LogP contribution in [0.4, 0.5) is 18.9 Å². The average molecular weight is 485 g/mol. The van der Waals surface area contributed by atoms with Crippen LogP contribution in [0.1, 0.15) is 12.5 Å². The van der Waals surface area contributed by atoms with E-state index in [1.165, 1.54) is 34.6 Å². The number of aliphatic hydroxyl groups excluding tert-OH is 1. The van der Waals surface area contributed by atoms with Crippen molar-refractivity contribution in [1.82, 2.24) is 4.31 Å². The van der Waals surface area contributed by atoms with E-state index in [2.05, 4.69) is 4.29 Å². The van der Waals surface area contributed by atoms with Crippen molar-refractivity contribution in [3.63, 3.8) is 0 Å². The Kier molecular flexibility index (Phi) is 6.71. The molecule has 1 fully saturated rings. The average Bonchev–Trinajstić information content (AvgIpc) is 3.27. The van der Waals surface area contributed by atoms with Gasteiger partial charge in [-0.2, -0.15) is 17.5 Å². The molecule has 1 saturated heterocycles.